The zero-order valence-corrected chi connectivity index (χ0v) is 10.6. The van der Waals surface area contributed by atoms with E-state index in [2.05, 4.69) is 5.10 Å². The molecule has 0 spiro atoms. The lowest BCUT2D eigenvalue weighted by Gasteiger charge is -2.27. The van der Waals surface area contributed by atoms with Crippen LogP contribution in [0.1, 0.15) is 50.2 Å². The average molecular weight is 264 g/mol. The van der Waals surface area contributed by atoms with Crippen molar-refractivity contribution in [1.82, 2.24) is 9.78 Å². The molecular formula is C12H16F4N2. The molecule has 0 aromatic carbocycles. The number of hydrogen-bond acceptors (Lipinski definition) is 1. The van der Waals surface area contributed by atoms with Gasteiger partial charge in [0.15, 0.2) is 5.69 Å². The highest BCUT2D eigenvalue weighted by Crippen LogP contribution is 2.40. The van der Waals surface area contributed by atoms with Gasteiger partial charge in [0.2, 0.25) is 0 Å². The highest BCUT2D eigenvalue weighted by molar-refractivity contribution is 5.33. The molecule has 1 aromatic heterocycles. The highest BCUT2D eigenvalue weighted by Gasteiger charge is 2.43. The Bertz CT molecular complexity index is 457. The molecule has 0 aliphatic heterocycles. The Morgan fingerprint density at radius 1 is 1.33 bits per heavy atom. The first-order valence-corrected chi connectivity index (χ1v) is 5.98. The third kappa shape index (κ3) is 2.24. The van der Waals surface area contributed by atoms with E-state index in [-0.39, 0.29) is 30.9 Å². The minimum Gasteiger partial charge on any atom is -0.266 e. The molecule has 0 radical (unpaired) electrons. The van der Waals surface area contributed by atoms with Gasteiger partial charge in [-0.2, -0.15) is 18.3 Å². The molecule has 1 heterocycles. The summed E-state index contributed by atoms with van der Waals surface area (Å²) in [6.45, 7) is 4.93. The molecular weight excluding hydrogens is 248 g/mol. The molecule has 0 bridgehead atoms. The topological polar surface area (TPSA) is 17.8 Å². The van der Waals surface area contributed by atoms with Crippen molar-refractivity contribution in [2.75, 3.05) is 0 Å². The van der Waals surface area contributed by atoms with E-state index >= 15 is 0 Å². The van der Waals surface area contributed by atoms with Gasteiger partial charge in [-0.15, -0.1) is 0 Å². The number of alkyl halides is 4. The Morgan fingerprint density at radius 2 is 1.94 bits per heavy atom. The molecule has 102 valence electrons. The third-order valence-electron chi connectivity index (χ3n) is 3.31. The fourth-order valence-electron chi connectivity index (χ4n) is 2.43. The van der Waals surface area contributed by atoms with Crippen LogP contribution < -0.4 is 0 Å². The molecule has 18 heavy (non-hydrogen) atoms. The van der Waals surface area contributed by atoms with Crippen LogP contribution >= 0.6 is 0 Å². The summed E-state index contributed by atoms with van der Waals surface area (Å²) in [5, 5.41) is 3.65. The van der Waals surface area contributed by atoms with Crippen LogP contribution in [0.15, 0.2) is 0 Å². The van der Waals surface area contributed by atoms with Crippen LogP contribution in [0.2, 0.25) is 0 Å². The van der Waals surface area contributed by atoms with Gasteiger partial charge in [-0.05, 0) is 33.6 Å². The molecule has 2 nitrogen and oxygen atoms in total. The van der Waals surface area contributed by atoms with Crippen LogP contribution in [0.25, 0.3) is 0 Å². The van der Waals surface area contributed by atoms with Gasteiger partial charge in [0, 0.05) is 23.7 Å². The van der Waals surface area contributed by atoms with Gasteiger partial charge in [0.25, 0.3) is 0 Å². The molecule has 1 unspecified atom stereocenters. The molecule has 1 aliphatic rings. The second-order valence-electron chi connectivity index (χ2n) is 5.40. The van der Waals surface area contributed by atoms with Gasteiger partial charge in [-0.25, -0.2) is 4.39 Å². The summed E-state index contributed by atoms with van der Waals surface area (Å²) in [4.78, 5) is 0. The van der Waals surface area contributed by atoms with E-state index in [1.165, 1.54) is 11.6 Å². The van der Waals surface area contributed by atoms with Gasteiger partial charge in [0.1, 0.15) is 5.67 Å². The van der Waals surface area contributed by atoms with Gasteiger partial charge < -0.3 is 0 Å². The summed E-state index contributed by atoms with van der Waals surface area (Å²) in [6.07, 6.45) is -4.24. The molecule has 2 rings (SSSR count). The SMILES string of the molecule is CC(C)n1nc(C(F)(F)F)c2c1CC(C)(F)CC2. The molecule has 0 fully saturated rings. The van der Waals surface area contributed by atoms with Crippen LogP contribution in [0.5, 0.6) is 0 Å². The van der Waals surface area contributed by atoms with Crippen molar-refractivity contribution in [2.24, 2.45) is 0 Å². The molecule has 0 N–H and O–H groups in total. The monoisotopic (exact) mass is 264 g/mol. The van der Waals surface area contributed by atoms with Gasteiger partial charge in [-0.1, -0.05) is 0 Å². The van der Waals surface area contributed by atoms with Crippen molar-refractivity contribution in [2.45, 2.75) is 57.9 Å². The van der Waals surface area contributed by atoms with E-state index in [1.54, 1.807) is 13.8 Å². The van der Waals surface area contributed by atoms with Crippen molar-refractivity contribution in [1.29, 1.82) is 0 Å². The van der Waals surface area contributed by atoms with Crippen molar-refractivity contribution in [3.8, 4) is 0 Å². The van der Waals surface area contributed by atoms with E-state index in [4.69, 9.17) is 0 Å². The molecule has 0 saturated carbocycles. The highest BCUT2D eigenvalue weighted by atomic mass is 19.4. The van der Waals surface area contributed by atoms with Crippen LogP contribution in [0.4, 0.5) is 17.6 Å². The van der Waals surface area contributed by atoms with E-state index in [0.29, 0.717) is 5.69 Å². The van der Waals surface area contributed by atoms with E-state index < -0.39 is 17.5 Å². The smallest absolute Gasteiger partial charge is 0.266 e. The van der Waals surface area contributed by atoms with E-state index in [9.17, 15) is 17.6 Å². The van der Waals surface area contributed by atoms with E-state index in [0.717, 1.165) is 0 Å². The number of aromatic nitrogens is 2. The second-order valence-corrected chi connectivity index (χ2v) is 5.40. The molecule has 6 heteroatoms. The van der Waals surface area contributed by atoms with Crippen LogP contribution in [-0.2, 0) is 19.0 Å². The first kappa shape index (κ1) is 13.4. The fourth-order valence-corrected chi connectivity index (χ4v) is 2.43. The normalized spacial score (nSPS) is 24.4. The summed E-state index contributed by atoms with van der Waals surface area (Å²) < 4.78 is 53.9. The second kappa shape index (κ2) is 3.96. The Labute approximate surface area is 103 Å². The van der Waals surface area contributed by atoms with Gasteiger partial charge in [-0.3, -0.25) is 4.68 Å². The predicted octanol–water partition coefficient (Wildman–Crippen LogP) is 3.70. The zero-order chi connectivity index (χ0) is 13.7. The standard InChI is InChI=1S/C12H16F4N2/c1-7(2)18-9-6-11(3,13)5-4-8(9)10(17-18)12(14,15)16/h7H,4-6H2,1-3H3. The lowest BCUT2D eigenvalue weighted by Crippen LogP contribution is -2.29. The largest absolute Gasteiger partial charge is 0.435 e. The van der Waals surface area contributed by atoms with Gasteiger partial charge >= 0.3 is 6.18 Å². The Morgan fingerprint density at radius 3 is 2.44 bits per heavy atom. The lowest BCUT2D eigenvalue weighted by atomic mass is 9.85. The van der Waals surface area contributed by atoms with Crippen molar-refractivity contribution in [3.63, 3.8) is 0 Å². The predicted molar refractivity (Wildman–Crippen MR) is 59.2 cm³/mol. The van der Waals surface area contributed by atoms with Crippen molar-refractivity contribution in [3.05, 3.63) is 17.0 Å². The summed E-state index contributed by atoms with van der Waals surface area (Å²) >= 11 is 0. The molecule has 1 aromatic rings. The van der Waals surface area contributed by atoms with Crippen molar-refractivity contribution < 1.29 is 17.6 Å². The van der Waals surface area contributed by atoms with Crippen LogP contribution in [-0.4, -0.2) is 15.4 Å². The Hall–Kier alpha value is -1.07. The Balaban J connectivity index is 2.56. The molecule has 1 atom stereocenters. The van der Waals surface area contributed by atoms with Gasteiger partial charge in [0.05, 0.1) is 0 Å². The maximum Gasteiger partial charge on any atom is 0.435 e. The number of fused-ring (bicyclic) bond motifs is 1. The lowest BCUT2D eigenvalue weighted by molar-refractivity contribution is -0.142. The maximum atomic E-state index is 14.0. The summed E-state index contributed by atoms with van der Waals surface area (Å²) in [7, 11) is 0. The fraction of sp³-hybridized carbons (Fsp3) is 0.750. The maximum absolute atomic E-state index is 14.0. The number of rotatable bonds is 1. The molecule has 0 saturated heterocycles. The van der Waals surface area contributed by atoms with E-state index in [1.807, 2.05) is 0 Å². The zero-order valence-electron chi connectivity index (χ0n) is 10.6. The quantitative estimate of drug-likeness (QED) is 0.707. The molecule has 0 amide bonds. The minimum absolute atomic E-state index is 0.00356. The third-order valence-corrected chi connectivity index (χ3v) is 3.31. The number of nitrogens with zero attached hydrogens (tertiary/aromatic N) is 2. The summed E-state index contributed by atoms with van der Waals surface area (Å²) in [5.74, 6) is 0. The summed E-state index contributed by atoms with van der Waals surface area (Å²) in [5.41, 5.74) is -1.72. The van der Waals surface area contributed by atoms with Crippen LogP contribution in [0.3, 0.4) is 0 Å². The number of hydrogen-bond donors (Lipinski definition) is 0. The first-order valence-electron chi connectivity index (χ1n) is 5.98. The average Bonchev–Trinajstić information content (AvgIpc) is 2.53. The summed E-state index contributed by atoms with van der Waals surface area (Å²) in [6, 6.07) is -0.205. The molecule has 1 aliphatic carbocycles. The minimum atomic E-state index is -4.46. The number of halogens is 4. The Kier molecular flexibility index (Phi) is 2.94. The first-order chi connectivity index (χ1) is 8.12. The van der Waals surface area contributed by atoms with Crippen LogP contribution in [0, 0.1) is 0 Å². The van der Waals surface area contributed by atoms with Crippen molar-refractivity contribution >= 4 is 0 Å².